The molecule has 0 aliphatic heterocycles. The molecule has 0 radical (unpaired) electrons. The lowest BCUT2D eigenvalue weighted by atomic mass is 9.90. The number of aryl methyl sites for hydroxylation is 1. The molecule has 0 aromatic heterocycles. The van der Waals surface area contributed by atoms with E-state index in [-0.39, 0.29) is 0 Å². The highest BCUT2D eigenvalue weighted by atomic mass is 16.3. The van der Waals surface area contributed by atoms with E-state index >= 15 is 0 Å². The van der Waals surface area contributed by atoms with Gasteiger partial charge in [-0.3, -0.25) is 0 Å². The maximum absolute atomic E-state index is 10.3. The van der Waals surface area contributed by atoms with Gasteiger partial charge in [-0.1, -0.05) is 31.2 Å². The summed E-state index contributed by atoms with van der Waals surface area (Å²) in [6.07, 6.45) is 3.40. The van der Waals surface area contributed by atoms with Crippen LogP contribution in [0.15, 0.2) is 24.3 Å². The summed E-state index contributed by atoms with van der Waals surface area (Å²) in [7, 11) is 0. The number of hydrogen-bond donors (Lipinski definition) is 1. The van der Waals surface area contributed by atoms with Crippen molar-refractivity contribution in [3.63, 3.8) is 0 Å². The fourth-order valence-corrected chi connectivity index (χ4v) is 1.96. The van der Waals surface area contributed by atoms with Crippen molar-refractivity contribution in [3.05, 3.63) is 35.4 Å². The number of hydrogen-bond acceptors (Lipinski definition) is 1. The van der Waals surface area contributed by atoms with Gasteiger partial charge in [0, 0.05) is 0 Å². The van der Waals surface area contributed by atoms with Crippen molar-refractivity contribution >= 4 is 0 Å². The molecule has 0 bridgehead atoms. The molecule has 1 aliphatic carbocycles. The highest BCUT2D eigenvalue weighted by Gasteiger charge is 2.40. The van der Waals surface area contributed by atoms with Crippen LogP contribution in [0.3, 0.4) is 0 Å². The van der Waals surface area contributed by atoms with E-state index in [2.05, 4.69) is 31.2 Å². The molecule has 14 heavy (non-hydrogen) atoms. The zero-order chi connectivity index (χ0) is 10.2. The summed E-state index contributed by atoms with van der Waals surface area (Å²) in [5.74, 6) is 0.481. The molecule has 1 aromatic rings. The van der Waals surface area contributed by atoms with Crippen molar-refractivity contribution in [1.29, 1.82) is 0 Å². The van der Waals surface area contributed by atoms with Crippen molar-refractivity contribution in [2.24, 2.45) is 5.92 Å². The quantitative estimate of drug-likeness (QED) is 0.777. The van der Waals surface area contributed by atoms with E-state index in [0.29, 0.717) is 5.92 Å². The zero-order valence-corrected chi connectivity index (χ0v) is 8.96. The summed E-state index contributed by atoms with van der Waals surface area (Å²) >= 11 is 0. The predicted octanol–water partition coefficient (Wildman–Crippen LogP) is 2.87. The van der Waals surface area contributed by atoms with Gasteiger partial charge in [-0.2, -0.15) is 0 Å². The van der Waals surface area contributed by atoms with Gasteiger partial charge in [0.2, 0.25) is 0 Å². The minimum Gasteiger partial charge on any atom is -0.385 e. The summed E-state index contributed by atoms with van der Waals surface area (Å²) in [5.41, 5.74) is 1.80. The Bertz CT molecular complexity index is 307. The average Bonchev–Trinajstić information content (AvgIpc) is 3.01. The molecule has 0 heterocycles. The third-order valence-electron chi connectivity index (χ3n) is 3.32. The molecule has 0 spiro atoms. The summed E-state index contributed by atoms with van der Waals surface area (Å²) < 4.78 is 0. The second-order valence-electron chi connectivity index (χ2n) is 4.47. The average molecular weight is 190 g/mol. The molecule has 76 valence electrons. The van der Waals surface area contributed by atoms with Crippen LogP contribution < -0.4 is 0 Å². The minimum absolute atomic E-state index is 0.481. The highest BCUT2D eigenvalue weighted by molar-refractivity contribution is 5.28. The van der Waals surface area contributed by atoms with Crippen LogP contribution in [-0.2, 0) is 12.0 Å². The molecule has 2 rings (SSSR count). The summed E-state index contributed by atoms with van der Waals surface area (Å²) in [6.45, 7) is 4.08. The monoisotopic (exact) mass is 190 g/mol. The first kappa shape index (κ1) is 9.72. The number of benzene rings is 1. The van der Waals surface area contributed by atoms with E-state index < -0.39 is 5.60 Å². The predicted molar refractivity (Wildman–Crippen MR) is 58.1 cm³/mol. The lowest BCUT2D eigenvalue weighted by Crippen LogP contribution is -2.23. The van der Waals surface area contributed by atoms with E-state index in [1.807, 2.05) is 6.92 Å². The van der Waals surface area contributed by atoms with Crippen LogP contribution >= 0.6 is 0 Å². The summed E-state index contributed by atoms with van der Waals surface area (Å²) in [5, 5.41) is 10.3. The molecule has 1 aliphatic rings. The first-order valence-corrected chi connectivity index (χ1v) is 5.46. The minimum atomic E-state index is -0.605. The Labute approximate surface area is 85.8 Å². The molecule has 1 atom stereocenters. The van der Waals surface area contributed by atoms with Gasteiger partial charge in [0.25, 0.3) is 0 Å². The van der Waals surface area contributed by atoms with Crippen molar-refractivity contribution < 1.29 is 5.11 Å². The van der Waals surface area contributed by atoms with Crippen LogP contribution in [0.25, 0.3) is 0 Å². The summed E-state index contributed by atoms with van der Waals surface area (Å²) in [6, 6.07) is 8.37. The molecule has 0 amide bonds. The first-order chi connectivity index (χ1) is 6.64. The third-order valence-corrected chi connectivity index (χ3v) is 3.32. The van der Waals surface area contributed by atoms with E-state index in [0.717, 1.165) is 12.0 Å². The van der Waals surface area contributed by atoms with Crippen LogP contribution in [0.2, 0.25) is 0 Å². The number of rotatable bonds is 3. The molecule has 1 N–H and O–H groups in total. The van der Waals surface area contributed by atoms with Crippen LogP contribution in [0, 0.1) is 5.92 Å². The Balaban J connectivity index is 2.23. The Morgan fingerprint density at radius 3 is 2.29 bits per heavy atom. The van der Waals surface area contributed by atoms with Crippen molar-refractivity contribution in [1.82, 2.24) is 0 Å². The second-order valence-corrected chi connectivity index (χ2v) is 4.47. The van der Waals surface area contributed by atoms with Gasteiger partial charge in [-0.05, 0) is 43.2 Å². The van der Waals surface area contributed by atoms with Crippen LogP contribution in [-0.4, -0.2) is 5.11 Å². The molecule has 0 saturated heterocycles. The van der Waals surface area contributed by atoms with Crippen LogP contribution in [0.5, 0.6) is 0 Å². The molecule has 1 saturated carbocycles. The molecule has 0 unspecified atom stereocenters. The molecular weight excluding hydrogens is 172 g/mol. The topological polar surface area (TPSA) is 20.2 Å². The standard InChI is InChI=1S/C13H18O/c1-3-10-4-6-11(7-5-10)13(2,14)12-8-9-12/h4-7,12,14H,3,8-9H2,1-2H3/t13-/m1/s1. The van der Waals surface area contributed by atoms with Gasteiger partial charge in [0.15, 0.2) is 0 Å². The van der Waals surface area contributed by atoms with Gasteiger partial charge in [-0.25, -0.2) is 0 Å². The van der Waals surface area contributed by atoms with E-state index in [9.17, 15) is 5.11 Å². The lowest BCUT2D eigenvalue weighted by molar-refractivity contribution is 0.0331. The molecule has 1 heteroatoms. The largest absolute Gasteiger partial charge is 0.385 e. The van der Waals surface area contributed by atoms with Crippen LogP contribution in [0.1, 0.15) is 37.8 Å². The maximum atomic E-state index is 10.3. The Morgan fingerprint density at radius 2 is 1.86 bits per heavy atom. The Hall–Kier alpha value is -0.820. The number of aliphatic hydroxyl groups is 1. The van der Waals surface area contributed by atoms with E-state index in [1.165, 1.54) is 18.4 Å². The highest BCUT2D eigenvalue weighted by Crippen LogP contribution is 2.45. The SMILES string of the molecule is CCc1ccc([C@@](C)(O)C2CC2)cc1. The van der Waals surface area contributed by atoms with Crippen molar-refractivity contribution in [2.45, 2.75) is 38.7 Å². The lowest BCUT2D eigenvalue weighted by Gasteiger charge is -2.23. The van der Waals surface area contributed by atoms with Gasteiger partial charge < -0.3 is 5.11 Å². The molecule has 1 aromatic carbocycles. The zero-order valence-electron chi connectivity index (χ0n) is 8.96. The fraction of sp³-hybridized carbons (Fsp3) is 0.538. The van der Waals surface area contributed by atoms with Gasteiger partial charge >= 0.3 is 0 Å². The van der Waals surface area contributed by atoms with E-state index in [4.69, 9.17) is 0 Å². The van der Waals surface area contributed by atoms with Gasteiger partial charge in [0.05, 0.1) is 5.60 Å². The van der Waals surface area contributed by atoms with Gasteiger partial charge in [0.1, 0.15) is 0 Å². The van der Waals surface area contributed by atoms with E-state index in [1.54, 1.807) is 0 Å². The normalized spacial score (nSPS) is 20.5. The second kappa shape index (κ2) is 3.39. The maximum Gasteiger partial charge on any atom is 0.0896 e. The van der Waals surface area contributed by atoms with Crippen molar-refractivity contribution in [3.8, 4) is 0 Å². The smallest absolute Gasteiger partial charge is 0.0896 e. The molecule has 1 fully saturated rings. The fourth-order valence-electron chi connectivity index (χ4n) is 1.96. The third kappa shape index (κ3) is 1.69. The Kier molecular flexibility index (Phi) is 2.36. The first-order valence-electron chi connectivity index (χ1n) is 5.46. The molecular formula is C13H18O. The molecule has 1 nitrogen and oxygen atoms in total. The van der Waals surface area contributed by atoms with Crippen LogP contribution in [0.4, 0.5) is 0 Å². The van der Waals surface area contributed by atoms with Crippen molar-refractivity contribution in [2.75, 3.05) is 0 Å². The summed E-state index contributed by atoms with van der Waals surface area (Å²) in [4.78, 5) is 0. The van der Waals surface area contributed by atoms with Gasteiger partial charge in [-0.15, -0.1) is 0 Å². The Morgan fingerprint density at radius 1 is 1.29 bits per heavy atom.